The summed E-state index contributed by atoms with van der Waals surface area (Å²) in [7, 11) is 0. The Morgan fingerprint density at radius 2 is 1.83 bits per heavy atom. The summed E-state index contributed by atoms with van der Waals surface area (Å²) in [4.78, 5) is 6.90. The van der Waals surface area contributed by atoms with Crippen molar-refractivity contribution in [2.45, 2.75) is 20.8 Å². The minimum Gasteiger partial charge on any atom is -0.391 e. The molecule has 1 aromatic carbocycles. The van der Waals surface area contributed by atoms with Gasteiger partial charge in [0.25, 0.3) is 5.82 Å². The average Bonchev–Trinajstić information content (AvgIpc) is 2.28. The van der Waals surface area contributed by atoms with Crippen molar-refractivity contribution < 1.29 is 4.98 Å². The molecule has 4 N–H and O–H groups in total. The molecule has 0 radical (unpaired) electrons. The molecule has 2 rings (SSSR count). The highest BCUT2D eigenvalue weighted by Crippen LogP contribution is 2.27. The van der Waals surface area contributed by atoms with E-state index in [1.807, 2.05) is 0 Å². The third-order valence-electron chi connectivity index (χ3n) is 2.75. The fourth-order valence-corrected chi connectivity index (χ4v) is 2.14. The Morgan fingerprint density at radius 3 is 2.44 bits per heavy atom. The van der Waals surface area contributed by atoms with Gasteiger partial charge in [-0.05, 0) is 36.9 Å². The van der Waals surface area contributed by atoms with E-state index in [4.69, 9.17) is 17.3 Å². The van der Waals surface area contributed by atoms with Gasteiger partial charge in [0.15, 0.2) is 0 Å². The summed E-state index contributed by atoms with van der Waals surface area (Å²) in [6, 6.07) is 4.23. The number of nitrogens with two attached hydrogens (primary N) is 1. The summed E-state index contributed by atoms with van der Waals surface area (Å²) in [6.45, 7) is 6.18. The van der Waals surface area contributed by atoms with Crippen LogP contribution in [0.25, 0.3) is 0 Å². The maximum atomic E-state index is 5.85. The third-order valence-corrected chi connectivity index (χ3v) is 2.94. The van der Waals surface area contributed by atoms with Gasteiger partial charge in [0.05, 0.1) is 0 Å². The average molecular weight is 264 g/mol. The van der Waals surface area contributed by atoms with E-state index in [1.54, 1.807) is 6.20 Å². The van der Waals surface area contributed by atoms with Crippen LogP contribution in [0.3, 0.4) is 0 Å². The minimum absolute atomic E-state index is 0.300. The molecular formula is C13H16ClN4+. The molecule has 0 unspecified atom stereocenters. The van der Waals surface area contributed by atoms with Gasteiger partial charge in [0.1, 0.15) is 11.9 Å². The van der Waals surface area contributed by atoms with E-state index in [9.17, 15) is 0 Å². The van der Waals surface area contributed by atoms with Crippen LogP contribution in [0.1, 0.15) is 16.7 Å². The number of nitrogen functional groups attached to an aromatic ring is 1. The van der Waals surface area contributed by atoms with Crippen LogP contribution in [0.5, 0.6) is 0 Å². The highest BCUT2D eigenvalue weighted by molar-refractivity contribution is 6.27. The second kappa shape index (κ2) is 4.82. The van der Waals surface area contributed by atoms with Gasteiger partial charge >= 0.3 is 5.28 Å². The molecule has 1 aromatic heterocycles. The number of rotatable bonds is 2. The Balaban J connectivity index is 2.43. The lowest BCUT2D eigenvalue weighted by atomic mass is 10.1. The molecule has 0 spiro atoms. The Bertz CT molecular complexity index is 573. The first-order valence-corrected chi connectivity index (χ1v) is 6.03. The molecule has 0 amide bonds. The van der Waals surface area contributed by atoms with Gasteiger partial charge in [-0.2, -0.15) is 0 Å². The van der Waals surface area contributed by atoms with Crippen molar-refractivity contribution in [2.24, 2.45) is 0 Å². The van der Waals surface area contributed by atoms with Crippen LogP contribution < -0.4 is 16.0 Å². The number of nitrogens with zero attached hydrogens (tertiary/aromatic N) is 1. The van der Waals surface area contributed by atoms with Gasteiger partial charge < -0.3 is 11.1 Å². The number of benzene rings is 1. The van der Waals surface area contributed by atoms with Gasteiger partial charge in [0.2, 0.25) is 0 Å². The first-order valence-electron chi connectivity index (χ1n) is 5.66. The first kappa shape index (κ1) is 12.6. The zero-order valence-electron chi connectivity index (χ0n) is 10.6. The van der Waals surface area contributed by atoms with E-state index >= 15 is 0 Å². The quantitative estimate of drug-likeness (QED) is 0.819. The Labute approximate surface area is 111 Å². The number of halogens is 1. The molecular weight excluding hydrogens is 248 g/mol. The second-order valence-electron chi connectivity index (χ2n) is 4.39. The summed E-state index contributed by atoms with van der Waals surface area (Å²) < 4.78 is 0. The van der Waals surface area contributed by atoms with Crippen molar-refractivity contribution in [3.63, 3.8) is 0 Å². The van der Waals surface area contributed by atoms with Crippen LogP contribution in [0.15, 0.2) is 18.3 Å². The maximum absolute atomic E-state index is 5.85. The Kier molecular flexibility index (Phi) is 3.39. The lowest BCUT2D eigenvalue weighted by molar-refractivity contribution is -0.378. The predicted octanol–water partition coefficient (Wildman–Crippen LogP) is 2.80. The zero-order chi connectivity index (χ0) is 13.3. The van der Waals surface area contributed by atoms with Crippen molar-refractivity contribution in [1.29, 1.82) is 0 Å². The molecule has 0 saturated heterocycles. The van der Waals surface area contributed by atoms with Crippen molar-refractivity contribution >= 4 is 28.8 Å². The summed E-state index contributed by atoms with van der Waals surface area (Å²) in [5, 5.41) is 3.54. The molecule has 1 heterocycles. The molecule has 5 heteroatoms. The molecule has 0 aliphatic heterocycles. The third kappa shape index (κ3) is 2.54. The number of nitrogens with one attached hydrogen (secondary N) is 2. The normalized spacial score (nSPS) is 10.4. The van der Waals surface area contributed by atoms with Crippen LogP contribution >= 0.6 is 11.6 Å². The Hall–Kier alpha value is -1.81. The van der Waals surface area contributed by atoms with Crippen LogP contribution in [0.2, 0.25) is 5.28 Å². The highest BCUT2D eigenvalue weighted by atomic mass is 35.5. The molecule has 0 saturated carbocycles. The van der Waals surface area contributed by atoms with E-state index in [2.05, 4.69) is 48.2 Å². The fourth-order valence-electron chi connectivity index (χ4n) is 2.00. The van der Waals surface area contributed by atoms with Crippen LogP contribution in [-0.2, 0) is 0 Å². The summed E-state index contributed by atoms with van der Waals surface area (Å²) in [5.74, 6) is 0.564. The summed E-state index contributed by atoms with van der Waals surface area (Å²) in [5.41, 5.74) is 10.9. The molecule has 0 aliphatic carbocycles. The molecule has 18 heavy (non-hydrogen) atoms. The number of aryl methyl sites for hydroxylation is 3. The van der Waals surface area contributed by atoms with Crippen molar-refractivity contribution in [3.05, 3.63) is 40.3 Å². The molecule has 0 bridgehead atoms. The number of anilines is 3. The molecule has 0 fully saturated rings. The van der Waals surface area contributed by atoms with E-state index < -0.39 is 0 Å². The molecule has 2 aromatic rings. The number of hydrogen-bond acceptors (Lipinski definition) is 3. The monoisotopic (exact) mass is 263 g/mol. The Morgan fingerprint density at radius 1 is 1.22 bits per heavy atom. The van der Waals surface area contributed by atoms with Gasteiger partial charge in [-0.25, -0.2) is 4.98 Å². The molecule has 4 nitrogen and oxygen atoms in total. The van der Waals surface area contributed by atoms with Crippen LogP contribution in [0, 0.1) is 20.8 Å². The lowest BCUT2D eigenvalue weighted by Crippen LogP contribution is -2.11. The number of aromatic amines is 1. The van der Waals surface area contributed by atoms with Gasteiger partial charge in [-0.3, -0.25) is 0 Å². The van der Waals surface area contributed by atoms with E-state index in [1.165, 1.54) is 5.56 Å². The van der Waals surface area contributed by atoms with E-state index in [0.717, 1.165) is 16.8 Å². The standard InChI is InChI=1S/C13H15ClN4/c1-7-4-8(2)11(9(3)5-7)17-12-10(15)6-16-13(14)18-12/h4-6H,15H2,1-3H3,(H,16,17,18)/p+1. The van der Waals surface area contributed by atoms with E-state index in [0.29, 0.717) is 16.8 Å². The van der Waals surface area contributed by atoms with Crippen molar-refractivity contribution in [1.82, 2.24) is 4.98 Å². The summed E-state index contributed by atoms with van der Waals surface area (Å²) >= 11 is 5.83. The van der Waals surface area contributed by atoms with Gasteiger partial charge in [-0.15, -0.1) is 0 Å². The number of hydrogen-bond donors (Lipinski definition) is 2. The number of H-pyrrole nitrogens is 1. The highest BCUT2D eigenvalue weighted by Gasteiger charge is 2.13. The minimum atomic E-state index is 0.300. The lowest BCUT2D eigenvalue weighted by Gasteiger charge is -2.11. The second-order valence-corrected chi connectivity index (χ2v) is 4.75. The first-order chi connectivity index (χ1) is 8.47. The van der Waals surface area contributed by atoms with Crippen LogP contribution in [-0.4, -0.2) is 4.98 Å². The fraction of sp³-hybridized carbons (Fsp3) is 0.231. The zero-order valence-corrected chi connectivity index (χ0v) is 11.4. The molecule has 94 valence electrons. The van der Waals surface area contributed by atoms with E-state index in [-0.39, 0.29) is 0 Å². The smallest absolute Gasteiger partial charge is 0.391 e. The van der Waals surface area contributed by atoms with Crippen molar-refractivity contribution in [2.75, 3.05) is 11.1 Å². The van der Waals surface area contributed by atoms with Gasteiger partial charge in [0, 0.05) is 17.3 Å². The van der Waals surface area contributed by atoms with Crippen molar-refractivity contribution in [3.8, 4) is 0 Å². The molecule has 0 aliphatic rings. The van der Waals surface area contributed by atoms with Gasteiger partial charge in [-0.1, -0.05) is 17.7 Å². The largest absolute Gasteiger partial charge is 0.396 e. The van der Waals surface area contributed by atoms with Crippen LogP contribution in [0.4, 0.5) is 17.2 Å². The topological polar surface area (TPSA) is 65.1 Å². The predicted molar refractivity (Wildman–Crippen MR) is 74.2 cm³/mol. The summed E-state index contributed by atoms with van der Waals surface area (Å²) in [6.07, 6.45) is 1.62. The number of aromatic nitrogens is 2. The maximum Gasteiger partial charge on any atom is 0.396 e. The SMILES string of the molecule is Cc1cc(C)c(Nc2nc(Cl)[nH+]cc2N)c(C)c1. The molecule has 0 atom stereocenters.